The van der Waals surface area contributed by atoms with E-state index in [1.165, 1.54) is 0 Å². The first-order chi connectivity index (χ1) is 5.45. The second kappa shape index (κ2) is 4.70. The van der Waals surface area contributed by atoms with Crippen molar-refractivity contribution < 1.29 is 27.5 Å². The fourth-order valence-electron chi connectivity index (χ4n) is 0.369. The van der Waals surface area contributed by atoms with Gasteiger partial charge in [-0.05, 0) is 0 Å². The molecule has 0 aromatic heterocycles. The number of ether oxygens (including phenoxy) is 1. The van der Waals surface area contributed by atoms with Gasteiger partial charge in [0.1, 0.15) is 6.61 Å². The van der Waals surface area contributed by atoms with Crippen molar-refractivity contribution in [2.75, 3.05) is 13.2 Å². The molecule has 12 heavy (non-hydrogen) atoms. The monoisotopic (exact) mass is 185 g/mol. The Morgan fingerprint density at radius 2 is 2.08 bits per heavy atom. The maximum atomic E-state index is 11.3. The Labute approximate surface area is 65.7 Å². The molecule has 0 aliphatic rings. The molecule has 0 atom stereocenters. The zero-order valence-corrected chi connectivity index (χ0v) is 5.85. The molecule has 0 fully saturated rings. The van der Waals surface area contributed by atoms with Gasteiger partial charge in [-0.15, -0.1) is 13.2 Å². The number of carbonyl (C=O) groups excluding carboxylic acids is 2. The van der Waals surface area contributed by atoms with Gasteiger partial charge in [0, 0.05) is 0 Å². The van der Waals surface area contributed by atoms with E-state index in [4.69, 9.17) is 0 Å². The molecule has 0 aliphatic carbocycles. The topological polar surface area (TPSA) is 55.4 Å². The largest absolute Gasteiger partial charge is 0.522 e. The zero-order chi connectivity index (χ0) is 9.61. The first-order valence-electron chi connectivity index (χ1n) is 2.85. The van der Waals surface area contributed by atoms with Crippen LogP contribution in [0.25, 0.3) is 0 Å². The number of ketones is 1. The lowest BCUT2D eigenvalue weighted by atomic mass is 10.4. The molecule has 0 saturated carbocycles. The lowest BCUT2D eigenvalue weighted by Crippen LogP contribution is -2.27. The molecule has 0 saturated heterocycles. The van der Waals surface area contributed by atoms with Crippen molar-refractivity contribution >= 4 is 12.2 Å². The maximum absolute atomic E-state index is 11.3. The highest BCUT2D eigenvalue weighted by Crippen LogP contribution is 2.15. The molecule has 0 rings (SSSR count). The molecule has 0 aromatic rings. The minimum absolute atomic E-state index is 0.214. The third-order valence-electron chi connectivity index (χ3n) is 0.779. The molecule has 4 nitrogen and oxygen atoms in total. The third kappa shape index (κ3) is 7.00. The average Bonchev–Trinajstić information content (AvgIpc) is 1.95. The lowest BCUT2D eigenvalue weighted by molar-refractivity contribution is -0.320. The zero-order valence-electron chi connectivity index (χ0n) is 5.85. The van der Waals surface area contributed by atoms with Crippen LogP contribution in [0.5, 0.6) is 0 Å². The highest BCUT2D eigenvalue weighted by molar-refractivity contribution is 5.83. The quantitative estimate of drug-likeness (QED) is 0.605. The smallest absolute Gasteiger partial charge is 0.351 e. The summed E-state index contributed by atoms with van der Waals surface area (Å²) < 4.78 is 37.0. The number of Topliss-reactive ketones (excluding diaryl/α,β-unsaturated/α-hetero) is 1. The number of hydrogen-bond donors (Lipinski definition) is 1. The third-order valence-corrected chi connectivity index (χ3v) is 0.779. The van der Waals surface area contributed by atoms with E-state index in [1.807, 2.05) is 5.32 Å². The van der Waals surface area contributed by atoms with Crippen molar-refractivity contribution in [2.24, 2.45) is 0 Å². The van der Waals surface area contributed by atoms with E-state index in [-0.39, 0.29) is 6.41 Å². The van der Waals surface area contributed by atoms with E-state index in [2.05, 4.69) is 4.74 Å². The SMILES string of the molecule is O=CNCC(=O)COC(F)(F)F. The van der Waals surface area contributed by atoms with Crippen LogP contribution in [0, 0.1) is 0 Å². The van der Waals surface area contributed by atoms with Gasteiger partial charge in [0.25, 0.3) is 0 Å². The van der Waals surface area contributed by atoms with E-state index in [9.17, 15) is 22.8 Å². The van der Waals surface area contributed by atoms with Gasteiger partial charge in [-0.25, -0.2) is 0 Å². The number of alkyl halides is 3. The van der Waals surface area contributed by atoms with Gasteiger partial charge in [-0.2, -0.15) is 0 Å². The van der Waals surface area contributed by atoms with Crippen LogP contribution in [0.2, 0.25) is 0 Å². The van der Waals surface area contributed by atoms with Crippen LogP contribution in [0.15, 0.2) is 0 Å². The molecule has 0 heterocycles. The molecule has 0 unspecified atom stereocenters. The van der Waals surface area contributed by atoms with Crippen molar-refractivity contribution in [3.8, 4) is 0 Å². The molecular weight excluding hydrogens is 179 g/mol. The summed E-state index contributed by atoms with van der Waals surface area (Å²) >= 11 is 0. The Balaban J connectivity index is 3.51. The van der Waals surface area contributed by atoms with E-state index < -0.39 is 25.3 Å². The normalized spacial score (nSPS) is 10.9. The predicted octanol–water partition coefficient (Wildman–Crippen LogP) is -0.162. The average molecular weight is 185 g/mol. The standard InChI is InChI=1S/C5H6F3NO3/c6-5(7,8)12-2-4(11)1-9-3-10/h3H,1-2H2,(H,9,10). The molecule has 7 heteroatoms. The summed E-state index contributed by atoms with van der Waals surface area (Å²) in [7, 11) is 0. The fraction of sp³-hybridized carbons (Fsp3) is 0.600. The summed E-state index contributed by atoms with van der Waals surface area (Å²) in [5, 5.41) is 1.91. The molecule has 0 spiro atoms. The molecule has 70 valence electrons. The summed E-state index contributed by atoms with van der Waals surface area (Å²) in [5.41, 5.74) is 0. The number of halogens is 3. The van der Waals surface area contributed by atoms with E-state index in [0.29, 0.717) is 0 Å². The molecule has 1 amide bonds. The first-order valence-corrected chi connectivity index (χ1v) is 2.85. The summed E-state index contributed by atoms with van der Waals surface area (Å²) in [6.07, 6.45) is -4.59. The van der Waals surface area contributed by atoms with Crippen molar-refractivity contribution in [3.63, 3.8) is 0 Å². The van der Waals surface area contributed by atoms with Gasteiger partial charge in [-0.1, -0.05) is 0 Å². The van der Waals surface area contributed by atoms with Gasteiger partial charge in [0.2, 0.25) is 6.41 Å². The van der Waals surface area contributed by atoms with Gasteiger partial charge in [-0.3, -0.25) is 14.3 Å². The number of amides is 1. The summed E-state index contributed by atoms with van der Waals surface area (Å²) in [4.78, 5) is 20.0. The van der Waals surface area contributed by atoms with E-state index in [0.717, 1.165) is 0 Å². The number of carbonyl (C=O) groups is 2. The van der Waals surface area contributed by atoms with E-state index >= 15 is 0 Å². The number of nitrogens with one attached hydrogen (secondary N) is 1. The molecule has 0 bridgehead atoms. The molecular formula is C5H6F3NO3. The Kier molecular flexibility index (Phi) is 4.27. The molecule has 0 aromatic carbocycles. The molecule has 1 N–H and O–H groups in total. The fourth-order valence-corrected chi connectivity index (χ4v) is 0.369. The number of rotatable bonds is 5. The van der Waals surface area contributed by atoms with Crippen LogP contribution >= 0.6 is 0 Å². The van der Waals surface area contributed by atoms with Crippen LogP contribution in [0.3, 0.4) is 0 Å². The summed E-state index contributed by atoms with van der Waals surface area (Å²) in [6, 6.07) is 0. The van der Waals surface area contributed by atoms with Gasteiger partial charge >= 0.3 is 6.36 Å². The molecule has 0 aliphatic heterocycles. The number of hydrogen-bond acceptors (Lipinski definition) is 3. The van der Waals surface area contributed by atoms with Crippen LogP contribution in [-0.2, 0) is 14.3 Å². The van der Waals surface area contributed by atoms with Crippen LogP contribution < -0.4 is 5.32 Å². The van der Waals surface area contributed by atoms with Crippen molar-refractivity contribution in [1.82, 2.24) is 5.32 Å². The highest BCUT2D eigenvalue weighted by atomic mass is 19.4. The summed E-state index contributed by atoms with van der Waals surface area (Å²) in [5.74, 6) is -0.848. The molecule has 0 radical (unpaired) electrons. The van der Waals surface area contributed by atoms with Gasteiger partial charge in [0.15, 0.2) is 5.78 Å². The Hall–Kier alpha value is -1.11. The van der Waals surface area contributed by atoms with Crippen molar-refractivity contribution in [2.45, 2.75) is 6.36 Å². The maximum Gasteiger partial charge on any atom is 0.522 e. The van der Waals surface area contributed by atoms with Gasteiger partial charge < -0.3 is 5.32 Å². The predicted molar refractivity (Wildman–Crippen MR) is 31.1 cm³/mol. The van der Waals surface area contributed by atoms with Crippen LogP contribution in [0.4, 0.5) is 13.2 Å². The first kappa shape index (κ1) is 10.9. The Morgan fingerprint density at radius 3 is 2.50 bits per heavy atom. The van der Waals surface area contributed by atoms with Crippen molar-refractivity contribution in [3.05, 3.63) is 0 Å². The van der Waals surface area contributed by atoms with Gasteiger partial charge in [0.05, 0.1) is 6.54 Å². The highest BCUT2D eigenvalue weighted by Gasteiger charge is 2.29. The summed E-state index contributed by atoms with van der Waals surface area (Å²) in [6.45, 7) is -1.54. The van der Waals surface area contributed by atoms with E-state index in [1.54, 1.807) is 0 Å². The second-order valence-electron chi connectivity index (χ2n) is 1.77. The minimum Gasteiger partial charge on any atom is -0.351 e. The second-order valence-corrected chi connectivity index (χ2v) is 1.77. The van der Waals surface area contributed by atoms with Crippen LogP contribution in [0.1, 0.15) is 0 Å². The van der Waals surface area contributed by atoms with Crippen LogP contribution in [-0.4, -0.2) is 31.7 Å². The minimum atomic E-state index is -4.81. The van der Waals surface area contributed by atoms with Crippen molar-refractivity contribution in [1.29, 1.82) is 0 Å². The Morgan fingerprint density at radius 1 is 1.50 bits per heavy atom. The Bertz CT molecular complexity index is 168. The lowest BCUT2D eigenvalue weighted by Gasteiger charge is -2.05.